The van der Waals surface area contributed by atoms with E-state index >= 15 is 0 Å². The van der Waals surface area contributed by atoms with Crippen LogP contribution in [0.3, 0.4) is 0 Å². The second-order valence-corrected chi connectivity index (χ2v) is 7.33. The van der Waals surface area contributed by atoms with E-state index in [-0.39, 0.29) is 6.79 Å². The molecule has 0 saturated heterocycles. The first kappa shape index (κ1) is 16.9. The molecular weight excluding hydrogens is 380 g/mol. The maximum atomic E-state index is 6.22. The Kier molecular flexibility index (Phi) is 3.38. The molecule has 1 aromatic heterocycles. The second-order valence-electron chi connectivity index (χ2n) is 7.33. The Balaban J connectivity index is 1.68. The van der Waals surface area contributed by atoms with Crippen LogP contribution in [0.2, 0.25) is 0 Å². The highest BCUT2D eigenvalue weighted by Gasteiger charge is 2.53. The largest absolute Gasteiger partial charge is 0.491 e. The minimum Gasteiger partial charge on any atom is -0.491 e. The van der Waals surface area contributed by atoms with Crippen molar-refractivity contribution in [2.24, 2.45) is 10.7 Å². The minimum absolute atomic E-state index is 0.214. The monoisotopic (exact) mass is 398 g/mol. The van der Waals surface area contributed by atoms with E-state index in [0.29, 0.717) is 12.4 Å². The van der Waals surface area contributed by atoms with E-state index in [4.69, 9.17) is 19.9 Å². The highest BCUT2D eigenvalue weighted by Crippen LogP contribution is 2.57. The number of hydrogen-bond acceptors (Lipinski definition) is 5. The Bertz CT molecular complexity index is 1270. The minimum atomic E-state index is -0.534. The van der Waals surface area contributed by atoms with Crippen molar-refractivity contribution in [1.29, 1.82) is 0 Å². The van der Waals surface area contributed by atoms with Crippen LogP contribution in [0.25, 0.3) is 11.3 Å². The van der Waals surface area contributed by atoms with Crippen molar-refractivity contribution < 1.29 is 14.2 Å². The van der Waals surface area contributed by atoms with Gasteiger partial charge < -0.3 is 24.5 Å². The van der Waals surface area contributed by atoms with Gasteiger partial charge in [0.2, 0.25) is 6.79 Å². The van der Waals surface area contributed by atoms with Gasteiger partial charge >= 0.3 is 0 Å². The third-order valence-corrected chi connectivity index (χ3v) is 6.01. The van der Waals surface area contributed by atoms with Crippen molar-refractivity contribution >= 4 is 11.9 Å². The summed E-state index contributed by atoms with van der Waals surface area (Å²) in [6.45, 7) is 4.65. The lowest BCUT2D eigenvalue weighted by Gasteiger charge is -2.26. The summed E-state index contributed by atoms with van der Waals surface area (Å²) in [5.74, 6) is 2.22. The fraction of sp³-hybridized carbons (Fsp3) is 0.130. The Morgan fingerprint density at radius 2 is 2.07 bits per heavy atom. The topological polar surface area (TPSA) is 83.9 Å². The molecule has 2 N–H and O–H groups in total. The van der Waals surface area contributed by atoms with Gasteiger partial charge in [0.1, 0.15) is 17.8 Å². The molecule has 1 spiro atoms. The zero-order valence-corrected chi connectivity index (χ0v) is 16.0. The molecule has 0 radical (unpaired) electrons. The van der Waals surface area contributed by atoms with Gasteiger partial charge in [0.15, 0.2) is 11.5 Å². The van der Waals surface area contributed by atoms with Gasteiger partial charge in [0.25, 0.3) is 0 Å². The summed E-state index contributed by atoms with van der Waals surface area (Å²) < 4.78 is 19.6. The molecule has 0 amide bonds. The van der Waals surface area contributed by atoms with E-state index in [2.05, 4.69) is 33.3 Å². The molecule has 3 aliphatic heterocycles. The van der Waals surface area contributed by atoms with Crippen molar-refractivity contribution in [3.05, 3.63) is 84.1 Å². The number of imidazole rings is 1. The van der Waals surface area contributed by atoms with Gasteiger partial charge in [-0.2, -0.15) is 0 Å². The van der Waals surface area contributed by atoms with Crippen LogP contribution in [-0.2, 0) is 5.41 Å². The summed E-state index contributed by atoms with van der Waals surface area (Å²) in [7, 11) is 0. The molecule has 1 atom stereocenters. The smallest absolute Gasteiger partial charge is 0.231 e. The first-order valence-electron chi connectivity index (χ1n) is 9.58. The van der Waals surface area contributed by atoms with Crippen molar-refractivity contribution in [2.75, 3.05) is 13.4 Å². The molecule has 6 rings (SSSR count). The van der Waals surface area contributed by atoms with Crippen LogP contribution in [0.1, 0.15) is 22.4 Å². The SMILES string of the molecule is C=C/C(=C\N=C/N)c1cccc2c1C1(COc3cc4c(cc31)OCO4)c1cncn1-2. The van der Waals surface area contributed by atoms with Gasteiger partial charge in [0.05, 0.1) is 24.0 Å². The van der Waals surface area contributed by atoms with Crippen LogP contribution in [-0.4, -0.2) is 29.3 Å². The summed E-state index contributed by atoms with van der Waals surface area (Å²) in [6, 6.07) is 10.1. The summed E-state index contributed by atoms with van der Waals surface area (Å²) in [5.41, 5.74) is 11.1. The number of ether oxygens (including phenoxy) is 3. The Labute approximate surface area is 172 Å². The maximum Gasteiger partial charge on any atom is 0.231 e. The van der Waals surface area contributed by atoms with E-state index in [1.807, 2.05) is 30.7 Å². The van der Waals surface area contributed by atoms with Gasteiger partial charge in [-0.05, 0) is 23.3 Å². The van der Waals surface area contributed by atoms with Gasteiger partial charge in [-0.1, -0.05) is 24.8 Å². The average Bonchev–Trinajstić information content (AvgIpc) is 3.53. The van der Waals surface area contributed by atoms with E-state index in [1.54, 1.807) is 12.3 Å². The van der Waals surface area contributed by atoms with E-state index in [1.165, 1.54) is 6.34 Å². The van der Waals surface area contributed by atoms with Crippen LogP contribution in [0.5, 0.6) is 17.2 Å². The zero-order valence-electron chi connectivity index (χ0n) is 16.0. The van der Waals surface area contributed by atoms with Crippen LogP contribution in [0, 0.1) is 0 Å². The number of nitrogens with two attached hydrogens (primary N) is 1. The molecule has 7 nitrogen and oxygen atoms in total. The predicted molar refractivity (Wildman–Crippen MR) is 112 cm³/mol. The number of rotatable bonds is 3. The fourth-order valence-corrected chi connectivity index (χ4v) is 4.78. The molecule has 0 fully saturated rings. The van der Waals surface area contributed by atoms with Gasteiger partial charge in [-0.25, -0.2) is 9.98 Å². The molecule has 2 aromatic carbocycles. The van der Waals surface area contributed by atoms with E-state index < -0.39 is 5.41 Å². The molecular formula is C23H18N4O3. The van der Waals surface area contributed by atoms with Gasteiger partial charge in [-0.3, -0.25) is 0 Å². The molecule has 7 heteroatoms. The number of nitrogens with zero attached hydrogens (tertiary/aromatic N) is 3. The summed E-state index contributed by atoms with van der Waals surface area (Å²) in [5, 5.41) is 0. The molecule has 30 heavy (non-hydrogen) atoms. The standard InChI is InChI=1S/C23H18N4O3/c1-2-14(8-25-11-24)15-4-3-5-17-22(15)23(21-9-26-12-27(17)21)10-28-18-7-20-19(6-16(18)23)29-13-30-20/h2-9,11-12H,1,10,13H2,(H2,24,25)/b14-8+. The molecule has 1 unspecified atom stereocenters. The number of fused-ring (bicyclic) bond motifs is 8. The van der Waals surface area contributed by atoms with Crippen molar-refractivity contribution in [3.8, 4) is 22.9 Å². The molecule has 0 aliphatic carbocycles. The third kappa shape index (κ3) is 1.98. The number of allylic oxidation sites excluding steroid dienone is 2. The average molecular weight is 398 g/mol. The van der Waals surface area contributed by atoms with Crippen molar-refractivity contribution in [1.82, 2.24) is 9.55 Å². The van der Waals surface area contributed by atoms with E-state index in [0.717, 1.165) is 45.1 Å². The van der Waals surface area contributed by atoms with Crippen molar-refractivity contribution in [2.45, 2.75) is 5.41 Å². The lowest BCUT2D eigenvalue weighted by molar-refractivity contribution is 0.173. The quantitative estimate of drug-likeness (QED) is 0.416. The zero-order chi connectivity index (χ0) is 20.3. The summed E-state index contributed by atoms with van der Waals surface area (Å²) in [6.07, 6.45) is 8.52. The molecule has 0 saturated carbocycles. The lowest BCUT2D eigenvalue weighted by Crippen LogP contribution is -2.30. The first-order chi connectivity index (χ1) is 14.8. The molecule has 3 aromatic rings. The van der Waals surface area contributed by atoms with Crippen molar-refractivity contribution in [3.63, 3.8) is 0 Å². The number of benzene rings is 2. The second kappa shape index (κ2) is 6.00. The van der Waals surface area contributed by atoms with Crippen LogP contribution in [0.4, 0.5) is 0 Å². The van der Waals surface area contributed by atoms with Gasteiger partial charge in [-0.15, -0.1) is 0 Å². The Morgan fingerprint density at radius 1 is 1.20 bits per heavy atom. The predicted octanol–water partition coefficient (Wildman–Crippen LogP) is 3.16. The highest BCUT2D eigenvalue weighted by molar-refractivity contribution is 5.83. The molecule has 4 heterocycles. The lowest BCUT2D eigenvalue weighted by atomic mass is 9.72. The molecule has 0 bridgehead atoms. The maximum absolute atomic E-state index is 6.22. The molecule has 3 aliphatic rings. The normalized spacial score (nSPS) is 20.3. The van der Waals surface area contributed by atoms with Crippen LogP contribution < -0.4 is 19.9 Å². The number of aromatic nitrogens is 2. The first-order valence-corrected chi connectivity index (χ1v) is 9.58. The van der Waals surface area contributed by atoms with Gasteiger partial charge in [0, 0.05) is 29.6 Å². The third-order valence-electron chi connectivity index (χ3n) is 6.01. The Hall–Kier alpha value is -4.00. The van der Waals surface area contributed by atoms with Crippen LogP contribution >= 0.6 is 0 Å². The van der Waals surface area contributed by atoms with E-state index in [9.17, 15) is 0 Å². The molecule has 148 valence electrons. The highest BCUT2D eigenvalue weighted by atomic mass is 16.7. The Morgan fingerprint density at radius 3 is 2.90 bits per heavy atom. The summed E-state index contributed by atoms with van der Waals surface area (Å²) >= 11 is 0. The summed E-state index contributed by atoms with van der Waals surface area (Å²) in [4.78, 5) is 8.55. The van der Waals surface area contributed by atoms with Crippen LogP contribution in [0.15, 0.2) is 66.7 Å². The fourth-order valence-electron chi connectivity index (χ4n) is 4.78. The number of aliphatic imine (C=N–C) groups is 1. The number of hydrogen-bond donors (Lipinski definition) is 1.